The number of methoxy groups -OCH3 is 1. The molecule has 0 unspecified atom stereocenters. The molecule has 15 heavy (non-hydrogen) atoms. The highest BCUT2D eigenvalue weighted by atomic mass is 16.5. The third-order valence-corrected chi connectivity index (χ3v) is 2.82. The fourth-order valence-electron chi connectivity index (χ4n) is 2.26. The van der Waals surface area contributed by atoms with Crippen molar-refractivity contribution in [3.63, 3.8) is 0 Å². The summed E-state index contributed by atoms with van der Waals surface area (Å²) in [6.07, 6.45) is 4.17. The molecular formula is C13H20O2. The zero-order valence-electron chi connectivity index (χ0n) is 10.3. The van der Waals surface area contributed by atoms with Crippen molar-refractivity contribution in [1.29, 1.82) is 0 Å². The predicted molar refractivity (Wildman–Crippen MR) is 61.5 cm³/mol. The second-order valence-corrected chi connectivity index (χ2v) is 5.15. The molecule has 0 saturated heterocycles. The van der Waals surface area contributed by atoms with Crippen LogP contribution in [0, 0.1) is 5.41 Å². The van der Waals surface area contributed by atoms with E-state index >= 15 is 0 Å². The monoisotopic (exact) mass is 208 g/mol. The lowest BCUT2D eigenvalue weighted by molar-refractivity contribution is -0.136. The fraction of sp³-hybridized carbons (Fsp3) is 0.615. The number of esters is 1. The van der Waals surface area contributed by atoms with Gasteiger partial charge in [-0.25, -0.2) is 4.79 Å². The van der Waals surface area contributed by atoms with Gasteiger partial charge in [0.15, 0.2) is 0 Å². The zero-order chi connectivity index (χ0) is 11.6. The molecule has 1 rings (SSSR count). The number of hydrogen-bond acceptors (Lipinski definition) is 2. The number of rotatable bonds is 1. The minimum Gasteiger partial charge on any atom is -0.466 e. The molecular weight excluding hydrogens is 188 g/mol. The molecule has 84 valence electrons. The van der Waals surface area contributed by atoms with Crippen LogP contribution in [0.1, 0.15) is 40.5 Å². The summed E-state index contributed by atoms with van der Waals surface area (Å²) in [5.41, 5.74) is 3.45. The van der Waals surface area contributed by atoms with Crippen molar-refractivity contribution in [2.45, 2.75) is 40.5 Å². The van der Waals surface area contributed by atoms with Gasteiger partial charge in [-0.3, -0.25) is 0 Å². The number of carbonyl (C=O) groups is 1. The molecule has 0 amide bonds. The Morgan fingerprint density at radius 3 is 2.47 bits per heavy atom. The van der Waals surface area contributed by atoms with Gasteiger partial charge in [0, 0.05) is 5.57 Å². The van der Waals surface area contributed by atoms with E-state index < -0.39 is 0 Å². The van der Waals surface area contributed by atoms with E-state index in [1.165, 1.54) is 12.7 Å². The molecule has 0 radical (unpaired) electrons. The third-order valence-electron chi connectivity index (χ3n) is 2.82. The van der Waals surface area contributed by atoms with E-state index in [0.717, 1.165) is 24.0 Å². The second-order valence-electron chi connectivity index (χ2n) is 5.15. The molecule has 0 atom stereocenters. The largest absolute Gasteiger partial charge is 0.466 e. The van der Waals surface area contributed by atoms with Crippen LogP contribution in [0.25, 0.3) is 0 Å². The van der Waals surface area contributed by atoms with E-state index in [1.807, 2.05) is 6.92 Å². The highest BCUT2D eigenvalue weighted by Crippen LogP contribution is 2.38. The molecule has 0 bridgehead atoms. The van der Waals surface area contributed by atoms with Crippen LogP contribution in [0.2, 0.25) is 0 Å². The van der Waals surface area contributed by atoms with Crippen LogP contribution >= 0.6 is 0 Å². The SMILES string of the molecule is COC(=O)C(C)=C1C=C(C)CC(C)(C)C1. The average Bonchev–Trinajstić information content (AvgIpc) is 2.12. The van der Waals surface area contributed by atoms with Crippen molar-refractivity contribution in [2.24, 2.45) is 5.41 Å². The van der Waals surface area contributed by atoms with Crippen LogP contribution in [0.15, 0.2) is 22.8 Å². The van der Waals surface area contributed by atoms with Gasteiger partial charge < -0.3 is 4.74 Å². The summed E-state index contributed by atoms with van der Waals surface area (Å²) >= 11 is 0. The van der Waals surface area contributed by atoms with Gasteiger partial charge in [0.2, 0.25) is 0 Å². The maximum absolute atomic E-state index is 11.4. The third kappa shape index (κ3) is 2.95. The molecule has 0 heterocycles. The van der Waals surface area contributed by atoms with Crippen LogP contribution < -0.4 is 0 Å². The molecule has 0 fully saturated rings. The summed E-state index contributed by atoms with van der Waals surface area (Å²) in [6.45, 7) is 8.42. The average molecular weight is 208 g/mol. The summed E-state index contributed by atoms with van der Waals surface area (Å²) in [7, 11) is 1.43. The number of carbonyl (C=O) groups excluding carboxylic acids is 1. The van der Waals surface area contributed by atoms with Crippen molar-refractivity contribution in [3.05, 3.63) is 22.8 Å². The molecule has 2 heteroatoms. The Labute approximate surface area is 92.0 Å². The zero-order valence-corrected chi connectivity index (χ0v) is 10.3. The van der Waals surface area contributed by atoms with Crippen molar-refractivity contribution >= 4 is 5.97 Å². The first kappa shape index (κ1) is 12.0. The molecule has 0 aromatic rings. The van der Waals surface area contributed by atoms with Crippen molar-refractivity contribution in [3.8, 4) is 0 Å². The Bertz CT molecular complexity index is 332. The van der Waals surface area contributed by atoms with E-state index in [1.54, 1.807) is 0 Å². The van der Waals surface area contributed by atoms with Gasteiger partial charge in [-0.05, 0) is 37.7 Å². The van der Waals surface area contributed by atoms with Gasteiger partial charge in [-0.15, -0.1) is 0 Å². The van der Waals surface area contributed by atoms with Gasteiger partial charge in [-0.1, -0.05) is 25.5 Å². The van der Waals surface area contributed by atoms with Gasteiger partial charge in [0.05, 0.1) is 7.11 Å². The minimum absolute atomic E-state index is 0.216. The highest BCUT2D eigenvalue weighted by Gasteiger charge is 2.25. The standard InChI is InChI=1S/C13H20O2/c1-9-6-11(8-13(3,4)7-9)10(2)12(14)15-5/h6H,7-8H2,1-5H3. The number of allylic oxidation sites excluding steroid dienone is 3. The van der Waals surface area contributed by atoms with Crippen LogP contribution in [0.5, 0.6) is 0 Å². The minimum atomic E-state index is -0.216. The molecule has 0 aliphatic heterocycles. The first-order valence-corrected chi connectivity index (χ1v) is 5.31. The Kier molecular flexibility index (Phi) is 3.38. The summed E-state index contributed by atoms with van der Waals surface area (Å²) in [5, 5.41) is 0. The highest BCUT2D eigenvalue weighted by molar-refractivity contribution is 5.89. The molecule has 0 N–H and O–H groups in total. The Morgan fingerprint density at radius 2 is 2.00 bits per heavy atom. The van der Waals surface area contributed by atoms with E-state index in [9.17, 15) is 4.79 Å². The number of ether oxygens (including phenoxy) is 1. The molecule has 2 nitrogen and oxygen atoms in total. The van der Waals surface area contributed by atoms with Gasteiger partial charge in [-0.2, -0.15) is 0 Å². The van der Waals surface area contributed by atoms with E-state index in [2.05, 4.69) is 26.8 Å². The molecule has 0 spiro atoms. The van der Waals surface area contributed by atoms with Crippen molar-refractivity contribution in [1.82, 2.24) is 0 Å². The van der Waals surface area contributed by atoms with Crippen LogP contribution in [-0.4, -0.2) is 13.1 Å². The Hall–Kier alpha value is -1.05. The smallest absolute Gasteiger partial charge is 0.333 e. The maximum atomic E-state index is 11.4. The molecule has 1 aliphatic rings. The lowest BCUT2D eigenvalue weighted by Gasteiger charge is -2.30. The first-order valence-electron chi connectivity index (χ1n) is 5.31. The Morgan fingerprint density at radius 1 is 1.40 bits per heavy atom. The van der Waals surface area contributed by atoms with E-state index in [4.69, 9.17) is 4.74 Å². The quantitative estimate of drug-likeness (QED) is 0.488. The molecule has 0 aromatic carbocycles. The van der Waals surface area contributed by atoms with Crippen molar-refractivity contribution < 1.29 is 9.53 Å². The van der Waals surface area contributed by atoms with Crippen LogP contribution in [0.4, 0.5) is 0 Å². The van der Waals surface area contributed by atoms with E-state index in [-0.39, 0.29) is 11.4 Å². The Balaban J connectivity index is 3.06. The summed E-state index contributed by atoms with van der Waals surface area (Å²) in [6, 6.07) is 0. The molecule has 0 aromatic heterocycles. The number of hydrogen-bond donors (Lipinski definition) is 0. The van der Waals surface area contributed by atoms with Crippen LogP contribution in [-0.2, 0) is 9.53 Å². The van der Waals surface area contributed by atoms with Gasteiger partial charge in [0.1, 0.15) is 0 Å². The normalized spacial score (nSPS) is 23.1. The summed E-state index contributed by atoms with van der Waals surface area (Å²) < 4.78 is 4.74. The fourth-order valence-corrected chi connectivity index (χ4v) is 2.26. The molecule has 1 aliphatic carbocycles. The van der Waals surface area contributed by atoms with Gasteiger partial charge >= 0.3 is 5.97 Å². The topological polar surface area (TPSA) is 26.3 Å². The van der Waals surface area contributed by atoms with Crippen molar-refractivity contribution in [2.75, 3.05) is 7.11 Å². The lowest BCUT2D eigenvalue weighted by Crippen LogP contribution is -2.18. The lowest BCUT2D eigenvalue weighted by atomic mass is 9.74. The van der Waals surface area contributed by atoms with Crippen LogP contribution in [0.3, 0.4) is 0 Å². The molecule has 0 saturated carbocycles. The first-order chi connectivity index (χ1) is 6.85. The second kappa shape index (κ2) is 4.21. The maximum Gasteiger partial charge on any atom is 0.333 e. The van der Waals surface area contributed by atoms with Gasteiger partial charge in [0.25, 0.3) is 0 Å². The summed E-state index contributed by atoms with van der Waals surface area (Å²) in [5.74, 6) is -0.216. The predicted octanol–water partition coefficient (Wildman–Crippen LogP) is 3.24. The van der Waals surface area contributed by atoms with E-state index in [0.29, 0.717) is 0 Å². The summed E-state index contributed by atoms with van der Waals surface area (Å²) in [4.78, 5) is 11.4.